The van der Waals surface area contributed by atoms with Gasteiger partial charge in [0.1, 0.15) is 5.75 Å². The maximum absolute atomic E-state index is 5.94. The highest BCUT2D eigenvalue weighted by Crippen LogP contribution is 2.31. The van der Waals surface area contributed by atoms with Crippen molar-refractivity contribution in [3.8, 4) is 5.75 Å². The molecule has 1 aliphatic carbocycles. The first-order valence-corrected chi connectivity index (χ1v) is 6.78. The second-order valence-corrected chi connectivity index (χ2v) is 4.88. The molecule has 0 radical (unpaired) electrons. The summed E-state index contributed by atoms with van der Waals surface area (Å²) in [5, 5.41) is 0. The van der Waals surface area contributed by atoms with Crippen LogP contribution in [0.2, 0.25) is 0 Å². The summed E-state index contributed by atoms with van der Waals surface area (Å²) in [6.45, 7) is 1.96. The highest BCUT2D eigenvalue weighted by Gasteiger charge is 2.23. The summed E-state index contributed by atoms with van der Waals surface area (Å²) in [5.41, 5.74) is 12.8. The molecule has 0 amide bonds. The lowest BCUT2D eigenvalue weighted by molar-refractivity contribution is 0.0549. The van der Waals surface area contributed by atoms with Gasteiger partial charge in [-0.25, -0.2) is 0 Å². The van der Waals surface area contributed by atoms with E-state index in [0.29, 0.717) is 23.2 Å². The van der Waals surface area contributed by atoms with E-state index in [1.54, 1.807) is 12.3 Å². The lowest BCUT2D eigenvalue weighted by atomic mass is 9.95. The second-order valence-electron chi connectivity index (χ2n) is 4.88. The zero-order valence-corrected chi connectivity index (χ0v) is 11.3. The molecule has 4 nitrogen and oxygen atoms in total. The molecule has 4 N–H and O–H groups in total. The first kappa shape index (κ1) is 13.6. The highest BCUT2D eigenvalue weighted by molar-refractivity contribution is 5.70. The van der Waals surface area contributed by atoms with Gasteiger partial charge in [0.15, 0.2) is 0 Å². The Hall–Kier alpha value is -1.84. The van der Waals surface area contributed by atoms with E-state index >= 15 is 0 Å². The first-order valence-electron chi connectivity index (χ1n) is 6.78. The number of hydrogen-bond donors (Lipinski definition) is 2. The van der Waals surface area contributed by atoms with E-state index in [9.17, 15) is 0 Å². The number of hydrogen-bond acceptors (Lipinski definition) is 4. The number of nitrogens with two attached hydrogens (primary N) is 2. The van der Waals surface area contributed by atoms with Crippen molar-refractivity contribution in [2.24, 2.45) is 0 Å². The van der Waals surface area contributed by atoms with Gasteiger partial charge in [-0.1, -0.05) is 12.1 Å². The van der Waals surface area contributed by atoms with Crippen LogP contribution in [0, 0.1) is 0 Å². The van der Waals surface area contributed by atoms with E-state index in [1.165, 1.54) is 0 Å². The van der Waals surface area contributed by atoms with Crippen molar-refractivity contribution in [2.45, 2.75) is 44.8 Å². The molecular weight excluding hydrogens is 240 g/mol. The third-order valence-electron chi connectivity index (χ3n) is 3.42. The van der Waals surface area contributed by atoms with Crippen molar-refractivity contribution < 1.29 is 9.47 Å². The standard InChI is InChI=1S/C15H22N2O2/c1-2-10-18-11-6-8-12(9-7-11)19-14-5-3-4-13(16)15(14)17/h2-5,10-12H,6-9,16-17H2,1H3. The van der Waals surface area contributed by atoms with Crippen molar-refractivity contribution in [2.75, 3.05) is 11.5 Å². The largest absolute Gasteiger partial charge is 0.498 e. The minimum absolute atomic E-state index is 0.203. The molecule has 0 spiro atoms. The maximum Gasteiger partial charge on any atom is 0.144 e. The molecule has 0 atom stereocenters. The van der Waals surface area contributed by atoms with Crippen molar-refractivity contribution >= 4 is 11.4 Å². The van der Waals surface area contributed by atoms with Crippen LogP contribution < -0.4 is 16.2 Å². The quantitative estimate of drug-likeness (QED) is 0.646. The number of para-hydroxylation sites is 1. The summed E-state index contributed by atoms with van der Waals surface area (Å²) in [5.74, 6) is 0.692. The molecule has 19 heavy (non-hydrogen) atoms. The molecule has 0 saturated heterocycles. The van der Waals surface area contributed by atoms with Gasteiger partial charge in [-0.15, -0.1) is 0 Å². The summed E-state index contributed by atoms with van der Waals surface area (Å²) in [4.78, 5) is 0. The SMILES string of the molecule is CC=COC1CCC(Oc2cccc(N)c2N)CC1. The number of benzene rings is 1. The van der Waals surface area contributed by atoms with Gasteiger partial charge >= 0.3 is 0 Å². The molecule has 0 heterocycles. The average molecular weight is 262 g/mol. The van der Waals surface area contributed by atoms with Crippen molar-refractivity contribution in [1.29, 1.82) is 0 Å². The predicted molar refractivity (Wildman–Crippen MR) is 77.8 cm³/mol. The van der Waals surface area contributed by atoms with Gasteiger partial charge in [0.2, 0.25) is 0 Å². The van der Waals surface area contributed by atoms with Gasteiger partial charge < -0.3 is 20.9 Å². The monoisotopic (exact) mass is 262 g/mol. The Labute approximate surface area is 114 Å². The molecule has 0 bridgehead atoms. The van der Waals surface area contributed by atoms with Gasteiger partial charge in [0, 0.05) is 0 Å². The van der Waals surface area contributed by atoms with Crippen LogP contribution in [0.15, 0.2) is 30.5 Å². The van der Waals surface area contributed by atoms with Gasteiger partial charge in [-0.05, 0) is 44.7 Å². The molecule has 1 aromatic carbocycles. The van der Waals surface area contributed by atoms with Crippen molar-refractivity contribution in [3.63, 3.8) is 0 Å². The Balaban J connectivity index is 1.87. The normalized spacial score (nSPS) is 23.4. The molecule has 2 rings (SSSR count). The predicted octanol–water partition coefficient (Wildman–Crippen LogP) is 3.09. The topological polar surface area (TPSA) is 70.5 Å². The number of nitrogen functional groups attached to an aromatic ring is 2. The molecule has 1 fully saturated rings. The minimum Gasteiger partial charge on any atom is -0.498 e. The smallest absolute Gasteiger partial charge is 0.144 e. The van der Waals surface area contributed by atoms with Crippen molar-refractivity contribution in [3.05, 3.63) is 30.5 Å². The summed E-state index contributed by atoms with van der Waals surface area (Å²) in [6.07, 6.45) is 8.18. The molecule has 104 valence electrons. The Kier molecular flexibility index (Phi) is 4.55. The zero-order chi connectivity index (χ0) is 13.7. The summed E-state index contributed by atoms with van der Waals surface area (Å²) in [6, 6.07) is 5.51. The second kappa shape index (κ2) is 6.36. The van der Waals surface area contributed by atoms with E-state index in [4.69, 9.17) is 20.9 Å². The molecule has 0 aliphatic heterocycles. The molecule has 1 saturated carbocycles. The van der Waals surface area contributed by atoms with Gasteiger partial charge in [0.05, 0.1) is 29.8 Å². The number of allylic oxidation sites excluding steroid dienone is 1. The summed E-state index contributed by atoms with van der Waals surface area (Å²) < 4.78 is 11.5. The molecule has 0 aromatic heterocycles. The van der Waals surface area contributed by atoms with E-state index in [0.717, 1.165) is 25.7 Å². The number of rotatable bonds is 4. The van der Waals surface area contributed by atoms with Crippen LogP contribution in [0.5, 0.6) is 5.75 Å². The van der Waals surface area contributed by atoms with Crippen LogP contribution in [0.3, 0.4) is 0 Å². The van der Waals surface area contributed by atoms with Gasteiger partial charge in [0.25, 0.3) is 0 Å². The first-order chi connectivity index (χ1) is 9.20. The minimum atomic E-state index is 0.203. The van der Waals surface area contributed by atoms with Crippen LogP contribution in [-0.2, 0) is 4.74 Å². The van der Waals surface area contributed by atoms with Gasteiger partial charge in [-0.3, -0.25) is 0 Å². The molecule has 4 heteroatoms. The lowest BCUT2D eigenvalue weighted by Gasteiger charge is -2.29. The van der Waals surface area contributed by atoms with Gasteiger partial charge in [-0.2, -0.15) is 0 Å². The summed E-state index contributed by atoms with van der Waals surface area (Å²) in [7, 11) is 0. The van der Waals surface area contributed by atoms with Crippen LogP contribution in [0.4, 0.5) is 11.4 Å². The van der Waals surface area contributed by atoms with E-state index in [2.05, 4.69) is 0 Å². The Morgan fingerprint density at radius 3 is 2.47 bits per heavy atom. The van der Waals surface area contributed by atoms with Crippen LogP contribution in [-0.4, -0.2) is 12.2 Å². The Morgan fingerprint density at radius 2 is 1.79 bits per heavy atom. The molecule has 1 aromatic rings. The lowest BCUT2D eigenvalue weighted by Crippen LogP contribution is -2.27. The third kappa shape index (κ3) is 3.56. The fraction of sp³-hybridized carbons (Fsp3) is 0.467. The average Bonchev–Trinajstić information content (AvgIpc) is 2.43. The van der Waals surface area contributed by atoms with E-state index < -0.39 is 0 Å². The number of anilines is 2. The van der Waals surface area contributed by atoms with E-state index in [1.807, 2.05) is 25.1 Å². The molecular formula is C15H22N2O2. The van der Waals surface area contributed by atoms with E-state index in [-0.39, 0.29) is 6.10 Å². The van der Waals surface area contributed by atoms with Crippen molar-refractivity contribution in [1.82, 2.24) is 0 Å². The Bertz CT molecular complexity index is 438. The van der Waals surface area contributed by atoms with Crippen LogP contribution in [0.1, 0.15) is 32.6 Å². The van der Waals surface area contributed by atoms with Crippen LogP contribution >= 0.6 is 0 Å². The third-order valence-corrected chi connectivity index (χ3v) is 3.42. The fourth-order valence-electron chi connectivity index (χ4n) is 2.32. The highest BCUT2D eigenvalue weighted by atomic mass is 16.5. The zero-order valence-electron chi connectivity index (χ0n) is 11.3. The number of ether oxygens (including phenoxy) is 2. The molecule has 1 aliphatic rings. The Morgan fingerprint density at radius 1 is 1.11 bits per heavy atom. The fourth-order valence-corrected chi connectivity index (χ4v) is 2.32. The molecule has 0 unspecified atom stereocenters. The van der Waals surface area contributed by atoms with Crippen LogP contribution in [0.25, 0.3) is 0 Å². The summed E-state index contributed by atoms with van der Waals surface area (Å²) >= 11 is 0. The maximum atomic E-state index is 5.94.